The minimum atomic E-state index is -0.368. The van der Waals surface area contributed by atoms with E-state index in [0.29, 0.717) is 5.41 Å². The molecule has 0 aliphatic heterocycles. The summed E-state index contributed by atoms with van der Waals surface area (Å²) in [4.78, 5) is 0. The number of fused-ring (bicyclic) bond motifs is 5. The second-order valence-corrected chi connectivity index (χ2v) is 9.78. The smallest absolute Gasteiger partial charge is 0.0701 e. The van der Waals surface area contributed by atoms with E-state index < -0.39 is 0 Å². The minimum Gasteiger partial charge on any atom is -0.389 e. The van der Waals surface area contributed by atoms with Crippen molar-refractivity contribution in [3.63, 3.8) is 0 Å². The Kier molecular flexibility index (Phi) is 3.50. The fourth-order valence-corrected chi connectivity index (χ4v) is 7.99. The molecule has 126 valence electrons. The number of hydrogen-bond donors (Lipinski definition) is 1. The van der Waals surface area contributed by atoms with Gasteiger partial charge >= 0.3 is 0 Å². The van der Waals surface area contributed by atoms with Crippen LogP contribution in [0.4, 0.5) is 0 Å². The molecule has 1 N–H and O–H groups in total. The summed E-state index contributed by atoms with van der Waals surface area (Å²) in [5, 5.41) is 11.2. The van der Waals surface area contributed by atoms with Crippen molar-refractivity contribution in [2.24, 2.45) is 34.5 Å². The van der Waals surface area contributed by atoms with Gasteiger partial charge in [0.2, 0.25) is 0 Å². The minimum absolute atomic E-state index is 0.209. The SMILES string of the molecule is CC[C@@]1(O)CCC2C3CCC4CCCCC4(C)C3CCC21C. The predicted molar refractivity (Wildman–Crippen MR) is 91.6 cm³/mol. The van der Waals surface area contributed by atoms with E-state index in [1.807, 2.05) is 0 Å². The first kappa shape index (κ1) is 15.5. The van der Waals surface area contributed by atoms with Crippen LogP contribution in [0.1, 0.15) is 91.4 Å². The van der Waals surface area contributed by atoms with E-state index in [1.54, 1.807) is 0 Å². The average Bonchev–Trinajstić information content (AvgIpc) is 2.79. The van der Waals surface area contributed by atoms with Gasteiger partial charge in [0.25, 0.3) is 0 Å². The monoisotopic (exact) mass is 304 g/mol. The van der Waals surface area contributed by atoms with Gasteiger partial charge in [0.15, 0.2) is 0 Å². The standard InChI is InChI=1S/C21H36O/c1-4-21(22)14-11-18-16-9-8-15-7-5-6-12-19(15,2)17(16)10-13-20(18,21)3/h15-18,22H,4-14H2,1-3H3/t15?,16?,17?,18?,19?,20?,21-/m1/s1. The third-order valence-electron chi connectivity index (χ3n) is 9.49. The first-order valence-electron chi connectivity index (χ1n) is 10.2. The van der Waals surface area contributed by atoms with Crippen molar-refractivity contribution in [3.05, 3.63) is 0 Å². The summed E-state index contributed by atoms with van der Waals surface area (Å²) in [5.41, 5.74) is 0.475. The molecule has 4 aliphatic carbocycles. The summed E-state index contributed by atoms with van der Waals surface area (Å²) >= 11 is 0. The maximum Gasteiger partial charge on any atom is 0.0701 e. The highest BCUT2D eigenvalue weighted by molar-refractivity contribution is 5.13. The Labute approximate surface area is 137 Å². The summed E-state index contributed by atoms with van der Waals surface area (Å²) in [6.45, 7) is 7.30. The van der Waals surface area contributed by atoms with E-state index in [-0.39, 0.29) is 11.0 Å². The highest BCUT2D eigenvalue weighted by atomic mass is 16.3. The Morgan fingerprint density at radius 2 is 1.64 bits per heavy atom. The molecule has 4 saturated carbocycles. The predicted octanol–water partition coefficient (Wildman–Crippen LogP) is 5.56. The highest BCUT2D eigenvalue weighted by Crippen LogP contribution is 2.68. The highest BCUT2D eigenvalue weighted by Gasteiger charge is 2.63. The molecule has 0 amide bonds. The molecule has 4 fully saturated rings. The Balaban J connectivity index is 1.65. The van der Waals surface area contributed by atoms with Crippen LogP contribution in [0, 0.1) is 34.5 Å². The molecule has 0 heterocycles. The van der Waals surface area contributed by atoms with Crippen molar-refractivity contribution in [2.75, 3.05) is 0 Å². The van der Waals surface area contributed by atoms with Crippen LogP contribution in [-0.4, -0.2) is 10.7 Å². The maximum atomic E-state index is 11.2. The normalized spacial score (nSPS) is 57.8. The van der Waals surface area contributed by atoms with Crippen LogP contribution in [-0.2, 0) is 0 Å². The zero-order valence-electron chi connectivity index (χ0n) is 15.0. The number of hydrogen-bond acceptors (Lipinski definition) is 1. The molecule has 0 aromatic carbocycles. The van der Waals surface area contributed by atoms with Gasteiger partial charge in [0, 0.05) is 0 Å². The topological polar surface area (TPSA) is 20.2 Å². The zero-order chi connectivity index (χ0) is 15.6. The van der Waals surface area contributed by atoms with Crippen LogP contribution in [0.5, 0.6) is 0 Å². The second-order valence-electron chi connectivity index (χ2n) is 9.78. The molecule has 4 rings (SSSR count). The Morgan fingerprint density at radius 3 is 2.41 bits per heavy atom. The van der Waals surface area contributed by atoms with Gasteiger partial charge in [-0.15, -0.1) is 0 Å². The molecule has 0 aromatic rings. The van der Waals surface area contributed by atoms with E-state index in [0.717, 1.165) is 36.5 Å². The van der Waals surface area contributed by atoms with E-state index in [9.17, 15) is 5.11 Å². The van der Waals surface area contributed by atoms with Gasteiger partial charge in [-0.05, 0) is 92.3 Å². The molecule has 0 spiro atoms. The molecule has 1 heteroatoms. The molecule has 7 atom stereocenters. The van der Waals surface area contributed by atoms with Crippen LogP contribution in [0.3, 0.4) is 0 Å². The lowest BCUT2D eigenvalue weighted by atomic mass is 9.44. The van der Waals surface area contributed by atoms with Gasteiger partial charge in [-0.3, -0.25) is 0 Å². The summed E-state index contributed by atoms with van der Waals surface area (Å²) in [6, 6.07) is 0. The Morgan fingerprint density at radius 1 is 0.864 bits per heavy atom. The van der Waals surface area contributed by atoms with E-state index >= 15 is 0 Å². The molecule has 1 nitrogen and oxygen atoms in total. The van der Waals surface area contributed by atoms with Crippen LogP contribution in [0.25, 0.3) is 0 Å². The fourth-order valence-electron chi connectivity index (χ4n) is 7.99. The third-order valence-corrected chi connectivity index (χ3v) is 9.49. The fraction of sp³-hybridized carbons (Fsp3) is 1.00. The molecule has 0 saturated heterocycles. The largest absolute Gasteiger partial charge is 0.389 e. The van der Waals surface area contributed by atoms with Crippen LogP contribution < -0.4 is 0 Å². The summed E-state index contributed by atoms with van der Waals surface area (Å²) in [7, 11) is 0. The van der Waals surface area contributed by atoms with Gasteiger partial charge in [-0.2, -0.15) is 0 Å². The van der Waals surface area contributed by atoms with E-state index in [4.69, 9.17) is 0 Å². The summed E-state index contributed by atoms with van der Waals surface area (Å²) in [6.07, 6.45) is 14.9. The van der Waals surface area contributed by atoms with Crippen molar-refractivity contribution in [1.29, 1.82) is 0 Å². The first-order valence-corrected chi connectivity index (χ1v) is 10.2. The molecule has 4 aliphatic rings. The van der Waals surface area contributed by atoms with Gasteiger partial charge < -0.3 is 5.11 Å². The molecular weight excluding hydrogens is 268 g/mol. The summed E-state index contributed by atoms with van der Waals surface area (Å²) in [5.74, 6) is 3.69. The molecule has 6 unspecified atom stereocenters. The lowest BCUT2D eigenvalue weighted by Crippen LogP contribution is -2.56. The second kappa shape index (κ2) is 4.98. The summed E-state index contributed by atoms with van der Waals surface area (Å²) < 4.78 is 0. The van der Waals surface area contributed by atoms with Gasteiger partial charge in [0.1, 0.15) is 0 Å². The van der Waals surface area contributed by atoms with Crippen LogP contribution >= 0.6 is 0 Å². The molecule has 0 aromatic heterocycles. The van der Waals surface area contributed by atoms with Crippen molar-refractivity contribution >= 4 is 0 Å². The first-order chi connectivity index (χ1) is 10.4. The van der Waals surface area contributed by atoms with Gasteiger partial charge in [-0.1, -0.05) is 33.6 Å². The van der Waals surface area contributed by atoms with E-state index in [1.165, 1.54) is 57.8 Å². The van der Waals surface area contributed by atoms with Crippen molar-refractivity contribution in [1.82, 2.24) is 0 Å². The van der Waals surface area contributed by atoms with E-state index in [2.05, 4.69) is 20.8 Å². The Bertz CT molecular complexity index is 443. The number of rotatable bonds is 1. The van der Waals surface area contributed by atoms with Gasteiger partial charge in [0.05, 0.1) is 5.60 Å². The lowest BCUT2D eigenvalue weighted by Gasteiger charge is -2.61. The zero-order valence-corrected chi connectivity index (χ0v) is 15.0. The van der Waals surface area contributed by atoms with Crippen molar-refractivity contribution < 1.29 is 5.11 Å². The van der Waals surface area contributed by atoms with Crippen LogP contribution in [0.2, 0.25) is 0 Å². The molecule has 22 heavy (non-hydrogen) atoms. The number of aliphatic hydroxyl groups is 1. The average molecular weight is 305 g/mol. The third kappa shape index (κ3) is 1.81. The maximum absolute atomic E-state index is 11.2. The van der Waals surface area contributed by atoms with Crippen molar-refractivity contribution in [3.8, 4) is 0 Å². The quantitative estimate of drug-likeness (QED) is 0.672. The Hall–Kier alpha value is -0.0400. The molecule has 0 radical (unpaired) electrons. The molecular formula is C21H36O. The van der Waals surface area contributed by atoms with Crippen LogP contribution in [0.15, 0.2) is 0 Å². The lowest BCUT2D eigenvalue weighted by molar-refractivity contribution is -0.152. The molecule has 0 bridgehead atoms. The van der Waals surface area contributed by atoms with Gasteiger partial charge in [-0.25, -0.2) is 0 Å². The van der Waals surface area contributed by atoms with Crippen molar-refractivity contribution in [2.45, 2.75) is 97.0 Å².